The molecule has 0 amide bonds. The first-order chi connectivity index (χ1) is 12.1. The molecule has 4 heteroatoms. The molecule has 3 rings (SSSR count). The second kappa shape index (κ2) is 8.17. The van der Waals surface area contributed by atoms with Crippen LogP contribution in [0.1, 0.15) is 30.0 Å². The summed E-state index contributed by atoms with van der Waals surface area (Å²) in [7, 11) is 0. The van der Waals surface area contributed by atoms with Gasteiger partial charge in [-0.2, -0.15) is 5.10 Å². The summed E-state index contributed by atoms with van der Waals surface area (Å²) >= 11 is 0. The van der Waals surface area contributed by atoms with Crippen LogP contribution in [0.15, 0.2) is 53.6 Å². The summed E-state index contributed by atoms with van der Waals surface area (Å²) in [4.78, 5) is 2.49. The Hall–Kier alpha value is -2.33. The highest BCUT2D eigenvalue weighted by Crippen LogP contribution is 2.14. The number of aryl methyl sites for hydroxylation is 1. The molecule has 1 saturated heterocycles. The lowest BCUT2D eigenvalue weighted by Crippen LogP contribution is -2.43. The highest BCUT2D eigenvalue weighted by Gasteiger charge is 2.16. The Morgan fingerprint density at radius 2 is 1.60 bits per heavy atom. The SMILES string of the molecule is CCC(=NN1CCN(Cc2ccc(C)cc2)CC1)c1ccc(O)cc1. The molecule has 25 heavy (non-hydrogen) atoms. The Morgan fingerprint density at radius 3 is 2.20 bits per heavy atom. The van der Waals surface area contributed by atoms with Gasteiger partial charge < -0.3 is 5.11 Å². The number of phenolic OH excluding ortho intramolecular Hbond substituents is 1. The number of benzene rings is 2. The molecule has 0 atom stereocenters. The van der Waals surface area contributed by atoms with Crippen LogP contribution in [0.4, 0.5) is 0 Å². The highest BCUT2D eigenvalue weighted by molar-refractivity contribution is 6.00. The van der Waals surface area contributed by atoms with Crippen LogP contribution in [0.3, 0.4) is 0 Å². The first-order valence-electron chi connectivity index (χ1n) is 9.04. The Bertz CT molecular complexity index is 699. The molecule has 2 aromatic carbocycles. The van der Waals surface area contributed by atoms with Gasteiger partial charge in [0.15, 0.2) is 0 Å². The van der Waals surface area contributed by atoms with Crippen molar-refractivity contribution in [1.82, 2.24) is 9.91 Å². The second-order valence-corrected chi connectivity index (χ2v) is 6.66. The summed E-state index contributed by atoms with van der Waals surface area (Å²) in [6, 6.07) is 16.1. The van der Waals surface area contributed by atoms with E-state index in [0.29, 0.717) is 5.75 Å². The summed E-state index contributed by atoms with van der Waals surface area (Å²) in [5.74, 6) is 0.295. The van der Waals surface area contributed by atoms with Gasteiger partial charge in [-0.25, -0.2) is 0 Å². The smallest absolute Gasteiger partial charge is 0.115 e. The maximum atomic E-state index is 9.44. The molecule has 1 aliphatic heterocycles. The van der Waals surface area contributed by atoms with Gasteiger partial charge in [0, 0.05) is 32.7 Å². The van der Waals surface area contributed by atoms with E-state index in [1.165, 1.54) is 11.1 Å². The Morgan fingerprint density at radius 1 is 0.960 bits per heavy atom. The van der Waals surface area contributed by atoms with Crippen LogP contribution < -0.4 is 0 Å². The Kier molecular flexibility index (Phi) is 5.71. The normalized spacial score (nSPS) is 16.2. The standard InChI is InChI=1S/C21H27N3O/c1-3-21(19-8-10-20(25)11-9-19)22-24-14-12-23(13-15-24)16-18-6-4-17(2)5-7-18/h4-11,25H,3,12-16H2,1-2H3. The molecule has 1 N–H and O–H groups in total. The molecule has 0 unspecified atom stereocenters. The topological polar surface area (TPSA) is 39.1 Å². The van der Waals surface area contributed by atoms with Crippen molar-refractivity contribution in [2.24, 2.45) is 5.10 Å². The molecule has 2 aromatic rings. The number of nitrogens with zero attached hydrogens (tertiary/aromatic N) is 3. The van der Waals surface area contributed by atoms with Gasteiger partial charge in [0.25, 0.3) is 0 Å². The van der Waals surface area contributed by atoms with Crippen molar-refractivity contribution in [3.8, 4) is 5.75 Å². The fraction of sp³-hybridized carbons (Fsp3) is 0.381. The first-order valence-corrected chi connectivity index (χ1v) is 9.04. The third-order valence-corrected chi connectivity index (χ3v) is 4.67. The molecule has 0 spiro atoms. The average molecular weight is 337 g/mol. The van der Waals surface area contributed by atoms with E-state index in [0.717, 1.165) is 50.4 Å². The molecule has 0 bridgehead atoms. The fourth-order valence-corrected chi connectivity index (χ4v) is 3.10. The van der Waals surface area contributed by atoms with Crippen LogP contribution in [-0.2, 0) is 6.54 Å². The van der Waals surface area contributed by atoms with E-state index < -0.39 is 0 Å². The summed E-state index contributed by atoms with van der Waals surface area (Å²) in [5.41, 5.74) is 4.85. The van der Waals surface area contributed by atoms with Crippen molar-refractivity contribution in [3.63, 3.8) is 0 Å². The molecular weight excluding hydrogens is 310 g/mol. The maximum absolute atomic E-state index is 9.44. The van der Waals surface area contributed by atoms with Crippen molar-refractivity contribution in [2.45, 2.75) is 26.8 Å². The van der Waals surface area contributed by atoms with Crippen LogP contribution in [0.25, 0.3) is 0 Å². The predicted octanol–water partition coefficient (Wildman–Crippen LogP) is 3.63. The quantitative estimate of drug-likeness (QED) is 0.847. The van der Waals surface area contributed by atoms with E-state index in [9.17, 15) is 5.11 Å². The minimum Gasteiger partial charge on any atom is -0.508 e. The van der Waals surface area contributed by atoms with Gasteiger partial charge in [0.2, 0.25) is 0 Å². The Balaban J connectivity index is 1.57. The van der Waals surface area contributed by atoms with E-state index in [1.54, 1.807) is 12.1 Å². The summed E-state index contributed by atoms with van der Waals surface area (Å²) < 4.78 is 0. The molecule has 0 aromatic heterocycles. The second-order valence-electron chi connectivity index (χ2n) is 6.66. The van der Waals surface area contributed by atoms with Crippen LogP contribution in [0.2, 0.25) is 0 Å². The van der Waals surface area contributed by atoms with Gasteiger partial charge in [-0.1, -0.05) is 36.8 Å². The zero-order chi connectivity index (χ0) is 17.6. The lowest BCUT2D eigenvalue weighted by Gasteiger charge is -2.33. The third kappa shape index (κ3) is 4.83. The number of hydrazone groups is 1. The van der Waals surface area contributed by atoms with Gasteiger partial charge in [-0.05, 0) is 48.7 Å². The predicted molar refractivity (Wildman–Crippen MR) is 103 cm³/mol. The van der Waals surface area contributed by atoms with Crippen molar-refractivity contribution in [2.75, 3.05) is 26.2 Å². The molecule has 1 aliphatic rings. The van der Waals surface area contributed by atoms with Crippen LogP contribution in [-0.4, -0.2) is 46.9 Å². The monoisotopic (exact) mass is 337 g/mol. The highest BCUT2D eigenvalue weighted by atomic mass is 16.3. The van der Waals surface area contributed by atoms with Crippen molar-refractivity contribution >= 4 is 5.71 Å². The number of rotatable bonds is 5. The first kappa shape index (κ1) is 17.5. The zero-order valence-corrected chi connectivity index (χ0v) is 15.2. The minimum absolute atomic E-state index is 0.295. The maximum Gasteiger partial charge on any atom is 0.115 e. The molecular formula is C21H27N3O. The summed E-state index contributed by atoms with van der Waals surface area (Å²) in [6.07, 6.45) is 0.883. The molecule has 4 nitrogen and oxygen atoms in total. The molecule has 0 saturated carbocycles. The van der Waals surface area contributed by atoms with Gasteiger partial charge in [-0.15, -0.1) is 0 Å². The van der Waals surface area contributed by atoms with Gasteiger partial charge >= 0.3 is 0 Å². The van der Waals surface area contributed by atoms with Crippen molar-refractivity contribution < 1.29 is 5.11 Å². The number of hydrogen-bond donors (Lipinski definition) is 1. The van der Waals surface area contributed by atoms with E-state index in [1.807, 2.05) is 12.1 Å². The van der Waals surface area contributed by atoms with E-state index in [-0.39, 0.29) is 0 Å². The number of phenols is 1. The summed E-state index contributed by atoms with van der Waals surface area (Å²) in [5, 5.41) is 16.5. The number of hydrogen-bond acceptors (Lipinski definition) is 4. The van der Waals surface area contributed by atoms with Crippen LogP contribution in [0, 0.1) is 6.92 Å². The molecule has 0 aliphatic carbocycles. The molecule has 132 valence electrons. The molecule has 1 heterocycles. The minimum atomic E-state index is 0.295. The number of aromatic hydroxyl groups is 1. The van der Waals surface area contributed by atoms with Gasteiger partial charge in [0.1, 0.15) is 5.75 Å². The molecule has 0 radical (unpaired) electrons. The average Bonchev–Trinajstić information content (AvgIpc) is 2.64. The lowest BCUT2D eigenvalue weighted by atomic mass is 10.1. The van der Waals surface area contributed by atoms with E-state index >= 15 is 0 Å². The van der Waals surface area contributed by atoms with E-state index in [4.69, 9.17) is 5.10 Å². The number of piperazine rings is 1. The van der Waals surface area contributed by atoms with E-state index in [2.05, 4.69) is 48.0 Å². The van der Waals surface area contributed by atoms with Gasteiger partial charge in [-0.3, -0.25) is 9.91 Å². The van der Waals surface area contributed by atoms with Crippen molar-refractivity contribution in [3.05, 3.63) is 65.2 Å². The summed E-state index contributed by atoms with van der Waals surface area (Å²) in [6.45, 7) is 9.23. The van der Waals surface area contributed by atoms with Crippen molar-refractivity contribution in [1.29, 1.82) is 0 Å². The zero-order valence-electron chi connectivity index (χ0n) is 15.2. The van der Waals surface area contributed by atoms with Gasteiger partial charge in [0.05, 0.1) is 5.71 Å². The Labute approximate surface area is 150 Å². The lowest BCUT2D eigenvalue weighted by molar-refractivity contribution is 0.130. The molecule has 1 fully saturated rings. The van der Waals surface area contributed by atoms with Crippen LogP contribution >= 0.6 is 0 Å². The fourth-order valence-electron chi connectivity index (χ4n) is 3.10. The third-order valence-electron chi connectivity index (χ3n) is 4.67. The largest absolute Gasteiger partial charge is 0.508 e. The van der Waals surface area contributed by atoms with Crippen LogP contribution in [0.5, 0.6) is 5.75 Å².